The molecule has 8 nitrogen and oxygen atoms in total. The molecule has 0 aliphatic heterocycles. The molecule has 0 aliphatic carbocycles. The number of carbonyl (C=O) groups is 3. The van der Waals surface area contributed by atoms with Crippen LogP contribution in [0.2, 0.25) is 0 Å². The molecule has 154 valence electrons. The number of aryl methyl sites for hydroxylation is 2. The van der Waals surface area contributed by atoms with Crippen LogP contribution >= 0.6 is 0 Å². The minimum absolute atomic E-state index is 0.221. The number of amides is 3. The third-order valence-corrected chi connectivity index (χ3v) is 4.41. The highest BCUT2D eigenvalue weighted by Gasteiger charge is 2.22. The van der Waals surface area contributed by atoms with Gasteiger partial charge in [-0.2, -0.15) is 5.10 Å². The molecule has 3 aromatic rings. The van der Waals surface area contributed by atoms with Crippen LogP contribution in [0.5, 0.6) is 0 Å². The molecule has 8 heteroatoms. The molecule has 3 rings (SSSR count). The van der Waals surface area contributed by atoms with E-state index in [-0.39, 0.29) is 5.56 Å². The number of imide groups is 1. The summed E-state index contributed by atoms with van der Waals surface area (Å²) >= 11 is 0. The minimum Gasteiger partial charge on any atom is -0.452 e. The first-order valence-corrected chi connectivity index (χ1v) is 9.30. The number of esters is 1. The summed E-state index contributed by atoms with van der Waals surface area (Å²) in [6.07, 6.45) is 1.57. The second-order valence-electron chi connectivity index (χ2n) is 6.69. The highest BCUT2D eigenvalue weighted by molar-refractivity contribution is 5.99. The molecule has 0 saturated heterocycles. The van der Waals surface area contributed by atoms with Crippen molar-refractivity contribution in [2.75, 3.05) is 13.7 Å². The summed E-state index contributed by atoms with van der Waals surface area (Å²) in [4.78, 5) is 35.7. The number of nitrogens with one attached hydrogen (secondary N) is 2. The van der Waals surface area contributed by atoms with Gasteiger partial charge in [0.25, 0.3) is 5.91 Å². The maximum absolute atomic E-state index is 12.8. The zero-order valence-electron chi connectivity index (χ0n) is 16.9. The van der Waals surface area contributed by atoms with Gasteiger partial charge in [-0.3, -0.25) is 10.1 Å². The largest absolute Gasteiger partial charge is 0.452 e. The van der Waals surface area contributed by atoms with Gasteiger partial charge < -0.3 is 10.1 Å². The Morgan fingerprint density at radius 1 is 1.07 bits per heavy atom. The van der Waals surface area contributed by atoms with Crippen LogP contribution in [0.1, 0.15) is 21.5 Å². The quantitative estimate of drug-likeness (QED) is 0.635. The van der Waals surface area contributed by atoms with E-state index in [9.17, 15) is 14.4 Å². The summed E-state index contributed by atoms with van der Waals surface area (Å²) in [5, 5.41) is 8.90. The van der Waals surface area contributed by atoms with Crippen molar-refractivity contribution in [2.24, 2.45) is 0 Å². The Hall–Kier alpha value is -3.94. The van der Waals surface area contributed by atoms with Crippen molar-refractivity contribution in [1.82, 2.24) is 20.4 Å². The molecule has 0 radical (unpaired) electrons. The molecule has 0 aliphatic rings. The zero-order valence-corrected chi connectivity index (χ0v) is 16.9. The summed E-state index contributed by atoms with van der Waals surface area (Å²) in [7, 11) is 1.38. The van der Waals surface area contributed by atoms with Crippen LogP contribution in [0.15, 0.2) is 54.7 Å². The van der Waals surface area contributed by atoms with Gasteiger partial charge in [0.2, 0.25) is 0 Å². The van der Waals surface area contributed by atoms with E-state index in [1.54, 1.807) is 10.9 Å². The van der Waals surface area contributed by atoms with Gasteiger partial charge in [-0.25, -0.2) is 14.3 Å². The smallest absolute Gasteiger partial charge is 0.342 e. The molecule has 2 N–H and O–H groups in total. The number of carbonyl (C=O) groups excluding carboxylic acids is 3. The van der Waals surface area contributed by atoms with Gasteiger partial charge >= 0.3 is 12.0 Å². The molecular weight excluding hydrogens is 384 g/mol. The normalized spacial score (nSPS) is 10.4. The second-order valence-corrected chi connectivity index (χ2v) is 6.69. The predicted octanol–water partition coefficient (Wildman–Crippen LogP) is 2.77. The Morgan fingerprint density at radius 2 is 1.80 bits per heavy atom. The van der Waals surface area contributed by atoms with Gasteiger partial charge in [-0.15, -0.1) is 0 Å². The standard InChI is InChI=1S/C22H22N4O4/c1-14-9-10-17(15(2)11-14)20-18(12-26(25-20)16-7-5-4-6-8-16)21(28)30-13-19(27)24-22(29)23-3/h4-12H,13H2,1-3H3,(H2,23,24,27,29). The highest BCUT2D eigenvalue weighted by atomic mass is 16.5. The third kappa shape index (κ3) is 4.72. The average Bonchev–Trinajstić information content (AvgIpc) is 3.17. The summed E-state index contributed by atoms with van der Waals surface area (Å²) in [6.45, 7) is 3.34. The van der Waals surface area contributed by atoms with Gasteiger partial charge in [-0.1, -0.05) is 42.0 Å². The Balaban J connectivity index is 1.93. The Kier molecular flexibility index (Phi) is 6.26. The molecule has 0 saturated carbocycles. The topological polar surface area (TPSA) is 102 Å². The van der Waals surface area contributed by atoms with Crippen LogP contribution in [0.25, 0.3) is 16.9 Å². The molecular formula is C22H22N4O4. The lowest BCUT2D eigenvalue weighted by molar-refractivity contribution is -0.123. The van der Waals surface area contributed by atoms with Crippen LogP contribution in [0, 0.1) is 13.8 Å². The molecule has 0 spiro atoms. The molecule has 2 aromatic carbocycles. The number of rotatable bonds is 5. The number of nitrogens with zero attached hydrogens (tertiary/aromatic N) is 2. The summed E-state index contributed by atoms with van der Waals surface area (Å²) < 4.78 is 6.72. The number of para-hydroxylation sites is 1. The molecule has 0 fully saturated rings. The van der Waals surface area contributed by atoms with Crippen molar-refractivity contribution in [3.05, 3.63) is 71.4 Å². The van der Waals surface area contributed by atoms with Crippen LogP contribution in [-0.4, -0.2) is 41.3 Å². The number of urea groups is 1. The van der Waals surface area contributed by atoms with Crippen molar-refractivity contribution in [2.45, 2.75) is 13.8 Å². The van der Waals surface area contributed by atoms with E-state index in [2.05, 4.69) is 10.4 Å². The minimum atomic E-state index is -0.730. The van der Waals surface area contributed by atoms with Crippen molar-refractivity contribution in [3.8, 4) is 16.9 Å². The molecule has 1 heterocycles. The summed E-state index contributed by atoms with van der Waals surface area (Å²) in [6, 6.07) is 14.5. The van der Waals surface area contributed by atoms with E-state index in [1.807, 2.05) is 67.7 Å². The van der Waals surface area contributed by atoms with Crippen LogP contribution < -0.4 is 10.6 Å². The van der Waals surface area contributed by atoms with Crippen LogP contribution in [0.3, 0.4) is 0 Å². The Bertz CT molecular complexity index is 1090. The zero-order chi connectivity index (χ0) is 21.7. The number of hydrogen-bond donors (Lipinski definition) is 2. The van der Waals surface area contributed by atoms with Crippen LogP contribution in [0.4, 0.5) is 4.79 Å². The van der Waals surface area contributed by atoms with E-state index in [1.165, 1.54) is 7.05 Å². The van der Waals surface area contributed by atoms with Gasteiger partial charge in [0, 0.05) is 18.8 Å². The summed E-state index contributed by atoms with van der Waals surface area (Å²) in [5.41, 5.74) is 4.29. The Morgan fingerprint density at radius 3 is 2.47 bits per heavy atom. The SMILES string of the molecule is CNC(=O)NC(=O)COC(=O)c1cn(-c2ccccc2)nc1-c1ccc(C)cc1C. The fourth-order valence-corrected chi connectivity index (χ4v) is 2.95. The van der Waals surface area contributed by atoms with Gasteiger partial charge in [0.1, 0.15) is 11.3 Å². The first kappa shape index (κ1) is 20.8. The number of aromatic nitrogens is 2. The fraction of sp³-hybridized carbons (Fsp3) is 0.182. The van der Waals surface area contributed by atoms with Crippen molar-refractivity contribution in [1.29, 1.82) is 0 Å². The van der Waals surface area contributed by atoms with E-state index < -0.39 is 24.5 Å². The fourth-order valence-electron chi connectivity index (χ4n) is 2.95. The molecule has 0 atom stereocenters. The van der Waals surface area contributed by atoms with Crippen LogP contribution in [-0.2, 0) is 9.53 Å². The first-order valence-electron chi connectivity index (χ1n) is 9.30. The average molecular weight is 406 g/mol. The second kappa shape index (κ2) is 9.04. The lowest BCUT2D eigenvalue weighted by atomic mass is 10.0. The maximum atomic E-state index is 12.8. The van der Waals surface area contributed by atoms with Crippen molar-refractivity contribution >= 4 is 17.9 Å². The van der Waals surface area contributed by atoms with Crippen molar-refractivity contribution < 1.29 is 19.1 Å². The molecule has 0 bridgehead atoms. The van der Waals surface area contributed by atoms with Gasteiger partial charge in [-0.05, 0) is 31.5 Å². The van der Waals surface area contributed by atoms with Crippen molar-refractivity contribution in [3.63, 3.8) is 0 Å². The van der Waals surface area contributed by atoms with E-state index in [0.29, 0.717) is 5.69 Å². The highest BCUT2D eigenvalue weighted by Crippen LogP contribution is 2.28. The monoisotopic (exact) mass is 406 g/mol. The molecule has 30 heavy (non-hydrogen) atoms. The Labute approximate surface area is 173 Å². The lowest BCUT2D eigenvalue weighted by Gasteiger charge is -2.08. The first-order chi connectivity index (χ1) is 14.4. The number of ether oxygens (including phenoxy) is 1. The van der Waals surface area contributed by atoms with Gasteiger partial charge in [0.15, 0.2) is 6.61 Å². The summed E-state index contributed by atoms with van der Waals surface area (Å²) in [5.74, 6) is -1.44. The van der Waals surface area contributed by atoms with E-state index >= 15 is 0 Å². The molecule has 1 aromatic heterocycles. The van der Waals surface area contributed by atoms with E-state index in [4.69, 9.17) is 4.74 Å². The third-order valence-electron chi connectivity index (χ3n) is 4.41. The molecule has 0 unspecified atom stereocenters. The maximum Gasteiger partial charge on any atom is 0.342 e. The predicted molar refractivity (Wildman–Crippen MR) is 111 cm³/mol. The number of benzene rings is 2. The van der Waals surface area contributed by atoms with Gasteiger partial charge in [0.05, 0.1) is 5.69 Å². The van der Waals surface area contributed by atoms with E-state index in [0.717, 1.165) is 22.4 Å². The molecule has 3 amide bonds. The lowest BCUT2D eigenvalue weighted by Crippen LogP contribution is -2.39. The number of hydrogen-bond acceptors (Lipinski definition) is 5.